The van der Waals surface area contributed by atoms with E-state index in [0.29, 0.717) is 18.9 Å². The average Bonchev–Trinajstić information content (AvgIpc) is 2.95. The zero-order chi connectivity index (χ0) is 13.9. The fourth-order valence-electron chi connectivity index (χ4n) is 3.43. The Hall–Kier alpha value is -1.36. The zero-order valence-corrected chi connectivity index (χ0v) is 12.1. The number of rotatable bonds is 3. The highest BCUT2D eigenvalue weighted by atomic mass is 16.2. The van der Waals surface area contributed by atoms with Crippen molar-refractivity contribution in [1.82, 2.24) is 20.6 Å². The number of nitrogens with one attached hydrogen (secondary N) is 3. The molecule has 0 bridgehead atoms. The number of nitrogens with zero attached hydrogens (tertiary/aromatic N) is 1. The SMILES string of the molecule is CC(NC(=O)C1Cc2nc[nH]c2CN1)C1CCCCC1. The van der Waals surface area contributed by atoms with Crippen molar-refractivity contribution in [2.75, 3.05) is 0 Å². The van der Waals surface area contributed by atoms with Gasteiger partial charge in [0.15, 0.2) is 0 Å². The van der Waals surface area contributed by atoms with Crippen LogP contribution in [-0.4, -0.2) is 28.0 Å². The van der Waals surface area contributed by atoms with Crippen molar-refractivity contribution in [3.8, 4) is 0 Å². The summed E-state index contributed by atoms with van der Waals surface area (Å²) in [6.45, 7) is 2.85. The molecule has 20 heavy (non-hydrogen) atoms. The van der Waals surface area contributed by atoms with Crippen molar-refractivity contribution in [2.24, 2.45) is 5.92 Å². The van der Waals surface area contributed by atoms with E-state index in [-0.39, 0.29) is 18.0 Å². The molecular formula is C15H24N4O. The molecule has 0 radical (unpaired) electrons. The predicted octanol–water partition coefficient (Wildman–Crippen LogP) is 1.51. The average molecular weight is 276 g/mol. The Morgan fingerprint density at radius 2 is 2.20 bits per heavy atom. The predicted molar refractivity (Wildman–Crippen MR) is 77.1 cm³/mol. The molecule has 0 aromatic carbocycles. The van der Waals surface area contributed by atoms with E-state index in [2.05, 4.69) is 27.5 Å². The van der Waals surface area contributed by atoms with Gasteiger partial charge in [-0.05, 0) is 25.7 Å². The Balaban J connectivity index is 1.54. The van der Waals surface area contributed by atoms with Crippen LogP contribution in [0.5, 0.6) is 0 Å². The lowest BCUT2D eigenvalue weighted by Crippen LogP contribution is -2.51. The third-order valence-corrected chi connectivity index (χ3v) is 4.77. The second-order valence-corrected chi connectivity index (χ2v) is 6.16. The number of H-pyrrole nitrogens is 1. The van der Waals surface area contributed by atoms with Crippen molar-refractivity contribution in [1.29, 1.82) is 0 Å². The summed E-state index contributed by atoms with van der Waals surface area (Å²) in [5.41, 5.74) is 2.13. The van der Waals surface area contributed by atoms with E-state index in [9.17, 15) is 4.79 Å². The Morgan fingerprint density at radius 3 is 3.00 bits per heavy atom. The van der Waals surface area contributed by atoms with Crippen molar-refractivity contribution < 1.29 is 4.79 Å². The molecule has 2 aliphatic rings. The summed E-state index contributed by atoms with van der Waals surface area (Å²) < 4.78 is 0. The smallest absolute Gasteiger partial charge is 0.237 e. The van der Waals surface area contributed by atoms with E-state index < -0.39 is 0 Å². The minimum absolute atomic E-state index is 0.122. The Morgan fingerprint density at radius 1 is 1.40 bits per heavy atom. The van der Waals surface area contributed by atoms with Crippen molar-refractivity contribution in [3.05, 3.63) is 17.7 Å². The molecule has 5 heteroatoms. The Bertz CT molecular complexity index is 464. The van der Waals surface area contributed by atoms with E-state index in [4.69, 9.17) is 0 Å². The number of carbonyl (C=O) groups is 1. The van der Waals surface area contributed by atoms with Gasteiger partial charge in [0.2, 0.25) is 5.91 Å². The molecule has 110 valence electrons. The standard InChI is InChI=1S/C15H24N4O/c1-10(11-5-3-2-4-6-11)19-15(20)13-7-12-14(8-16-13)18-9-17-12/h9-11,13,16H,2-8H2,1H3,(H,17,18)(H,19,20). The summed E-state index contributed by atoms with van der Waals surface area (Å²) in [7, 11) is 0. The molecule has 3 N–H and O–H groups in total. The van der Waals surface area contributed by atoms with Crippen LogP contribution in [0.25, 0.3) is 0 Å². The quantitative estimate of drug-likeness (QED) is 0.784. The lowest BCUT2D eigenvalue weighted by molar-refractivity contribution is -0.124. The molecule has 1 amide bonds. The molecule has 1 fully saturated rings. The maximum absolute atomic E-state index is 12.4. The van der Waals surface area contributed by atoms with Gasteiger partial charge in [0, 0.05) is 19.0 Å². The fraction of sp³-hybridized carbons (Fsp3) is 0.733. The molecule has 2 heterocycles. The first kappa shape index (κ1) is 13.6. The second-order valence-electron chi connectivity index (χ2n) is 6.16. The molecule has 0 saturated heterocycles. The van der Waals surface area contributed by atoms with Gasteiger partial charge in [-0.1, -0.05) is 19.3 Å². The van der Waals surface area contributed by atoms with Gasteiger partial charge >= 0.3 is 0 Å². The van der Waals surface area contributed by atoms with E-state index in [1.54, 1.807) is 6.33 Å². The van der Waals surface area contributed by atoms with Gasteiger partial charge in [-0.3, -0.25) is 10.1 Å². The molecule has 1 aromatic rings. The molecule has 2 unspecified atom stereocenters. The summed E-state index contributed by atoms with van der Waals surface area (Å²) in [5, 5.41) is 6.49. The van der Waals surface area contributed by atoms with Gasteiger partial charge in [0.1, 0.15) is 0 Å². The van der Waals surface area contributed by atoms with Gasteiger partial charge < -0.3 is 10.3 Å². The van der Waals surface area contributed by atoms with Crippen molar-refractivity contribution >= 4 is 5.91 Å². The van der Waals surface area contributed by atoms with Crippen LogP contribution in [0.4, 0.5) is 0 Å². The van der Waals surface area contributed by atoms with Gasteiger partial charge in [-0.25, -0.2) is 4.98 Å². The normalized spacial score (nSPS) is 24.9. The zero-order valence-electron chi connectivity index (χ0n) is 12.1. The molecular weight excluding hydrogens is 252 g/mol. The van der Waals surface area contributed by atoms with E-state index in [0.717, 1.165) is 11.4 Å². The van der Waals surface area contributed by atoms with Crippen LogP contribution in [0.1, 0.15) is 50.4 Å². The topological polar surface area (TPSA) is 69.8 Å². The van der Waals surface area contributed by atoms with Crippen LogP contribution in [0.15, 0.2) is 6.33 Å². The molecule has 1 aromatic heterocycles. The third kappa shape index (κ3) is 2.87. The monoisotopic (exact) mass is 276 g/mol. The molecule has 3 rings (SSSR count). The third-order valence-electron chi connectivity index (χ3n) is 4.77. The summed E-state index contributed by atoms with van der Waals surface area (Å²) in [6, 6.07) is 0.141. The lowest BCUT2D eigenvalue weighted by Gasteiger charge is -2.30. The van der Waals surface area contributed by atoms with Crippen LogP contribution < -0.4 is 10.6 Å². The number of hydrogen-bond donors (Lipinski definition) is 3. The van der Waals surface area contributed by atoms with Crippen LogP contribution in [-0.2, 0) is 17.8 Å². The highest BCUT2D eigenvalue weighted by Gasteiger charge is 2.28. The maximum Gasteiger partial charge on any atom is 0.237 e. The van der Waals surface area contributed by atoms with Crippen LogP contribution in [0, 0.1) is 5.92 Å². The number of amides is 1. The molecule has 0 spiro atoms. The molecule has 5 nitrogen and oxygen atoms in total. The highest BCUT2D eigenvalue weighted by Crippen LogP contribution is 2.26. The van der Waals surface area contributed by atoms with E-state index in [1.807, 2.05) is 0 Å². The maximum atomic E-state index is 12.4. The highest BCUT2D eigenvalue weighted by molar-refractivity contribution is 5.82. The number of aromatic amines is 1. The van der Waals surface area contributed by atoms with E-state index >= 15 is 0 Å². The number of hydrogen-bond acceptors (Lipinski definition) is 3. The number of aromatic nitrogens is 2. The number of carbonyl (C=O) groups excluding carboxylic acids is 1. The largest absolute Gasteiger partial charge is 0.352 e. The summed E-state index contributed by atoms with van der Waals surface area (Å²) >= 11 is 0. The minimum Gasteiger partial charge on any atom is -0.352 e. The molecule has 2 atom stereocenters. The van der Waals surface area contributed by atoms with Gasteiger partial charge in [0.05, 0.1) is 23.8 Å². The summed E-state index contributed by atoms with van der Waals surface area (Å²) in [4.78, 5) is 19.8. The summed E-state index contributed by atoms with van der Waals surface area (Å²) in [5.74, 6) is 0.772. The first-order valence-corrected chi connectivity index (χ1v) is 7.79. The lowest BCUT2D eigenvalue weighted by atomic mass is 9.84. The van der Waals surface area contributed by atoms with Gasteiger partial charge in [-0.15, -0.1) is 0 Å². The minimum atomic E-state index is -0.142. The summed E-state index contributed by atoms with van der Waals surface area (Å²) in [6.07, 6.45) is 8.86. The van der Waals surface area contributed by atoms with Crippen LogP contribution in [0.3, 0.4) is 0 Å². The number of fused-ring (bicyclic) bond motifs is 1. The molecule has 1 aliphatic carbocycles. The Labute approximate surface area is 119 Å². The van der Waals surface area contributed by atoms with Crippen LogP contribution in [0.2, 0.25) is 0 Å². The number of imidazole rings is 1. The van der Waals surface area contributed by atoms with E-state index in [1.165, 1.54) is 32.1 Å². The first-order chi connectivity index (χ1) is 9.74. The molecule has 1 aliphatic heterocycles. The molecule has 1 saturated carbocycles. The van der Waals surface area contributed by atoms with Crippen LogP contribution >= 0.6 is 0 Å². The second kappa shape index (κ2) is 5.95. The van der Waals surface area contributed by atoms with Crippen molar-refractivity contribution in [2.45, 2.75) is 64.1 Å². The van der Waals surface area contributed by atoms with Gasteiger partial charge in [0.25, 0.3) is 0 Å². The van der Waals surface area contributed by atoms with Crippen molar-refractivity contribution in [3.63, 3.8) is 0 Å². The van der Waals surface area contributed by atoms with Gasteiger partial charge in [-0.2, -0.15) is 0 Å². The fourth-order valence-corrected chi connectivity index (χ4v) is 3.43. The first-order valence-electron chi connectivity index (χ1n) is 7.79. The Kier molecular flexibility index (Phi) is 4.05.